The van der Waals surface area contributed by atoms with E-state index in [-0.39, 0.29) is 5.91 Å². The van der Waals surface area contributed by atoms with Crippen molar-refractivity contribution < 1.29 is 4.79 Å². The second-order valence-electron chi connectivity index (χ2n) is 4.57. The van der Waals surface area contributed by atoms with Crippen LogP contribution in [0.2, 0.25) is 0 Å². The molecule has 1 heterocycles. The number of rotatable bonds is 4. The monoisotopic (exact) mass is 333 g/mol. The number of amides is 1. The number of nitrogens with one attached hydrogen (secondary N) is 1. The van der Waals surface area contributed by atoms with E-state index in [1.807, 2.05) is 30.3 Å². The van der Waals surface area contributed by atoms with Crippen LogP contribution >= 0.6 is 15.9 Å². The number of carbonyl (C=O) groups excluding carboxylic acids is 1. The lowest BCUT2D eigenvalue weighted by molar-refractivity contribution is 0.0822. The number of aromatic nitrogens is 1. The summed E-state index contributed by atoms with van der Waals surface area (Å²) in [6.07, 6.45) is 1.64. The molecule has 0 saturated heterocycles. The Hall–Kier alpha value is -1.88. The maximum absolute atomic E-state index is 11.9. The molecule has 2 rings (SSSR count). The molecule has 0 saturated carbocycles. The van der Waals surface area contributed by atoms with Crippen molar-refractivity contribution in [1.29, 1.82) is 0 Å². The average molecular weight is 334 g/mol. The highest BCUT2D eigenvalue weighted by Crippen LogP contribution is 2.18. The van der Waals surface area contributed by atoms with Crippen molar-refractivity contribution in [2.24, 2.45) is 0 Å². The summed E-state index contributed by atoms with van der Waals surface area (Å²) in [4.78, 5) is 17.5. The molecule has 0 aliphatic carbocycles. The van der Waals surface area contributed by atoms with Crippen molar-refractivity contribution in [3.63, 3.8) is 0 Å². The first-order valence-corrected chi connectivity index (χ1v) is 7.02. The second kappa shape index (κ2) is 6.52. The Labute approximate surface area is 127 Å². The summed E-state index contributed by atoms with van der Waals surface area (Å²) in [6.45, 7) is 0.682. The van der Waals surface area contributed by atoms with Gasteiger partial charge in [-0.15, -0.1) is 0 Å². The fourth-order valence-corrected chi connectivity index (χ4v) is 2.15. The summed E-state index contributed by atoms with van der Waals surface area (Å²) in [5, 5.41) is 3.30. The van der Waals surface area contributed by atoms with Crippen LogP contribution in [0.25, 0.3) is 0 Å². The number of hydrogen-bond acceptors (Lipinski definition) is 3. The number of hydrogen-bond donors (Lipinski definition) is 1. The SMILES string of the molecule is CN(C)C(=O)c1cc(NCc2ccccc2Br)ccn1. The number of halogens is 1. The van der Waals surface area contributed by atoms with Crippen molar-refractivity contribution in [2.75, 3.05) is 19.4 Å². The normalized spacial score (nSPS) is 10.2. The van der Waals surface area contributed by atoms with Crippen molar-refractivity contribution in [1.82, 2.24) is 9.88 Å². The standard InChI is InChI=1S/C15H16BrN3O/c1-19(2)15(20)14-9-12(7-8-17-14)18-10-11-5-3-4-6-13(11)16/h3-9H,10H2,1-2H3,(H,17,18). The number of carbonyl (C=O) groups is 1. The summed E-state index contributed by atoms with van der Waals surface area (Å²) >= 11 is 3.51. The van der Waals surface area contributed by atoms with Crippen molar-refractivity contribution in [3.8, 4) is 0 Å². The Morgan fingerprint density at radius 3 is 2.75 bits per heavy atom. The third-order valence-electron chi connectivity index (χ3n) is 2.83. The molecule has 0 aliphatic rings. The summed E-state index contributed by atoms with van der Waals surface area (Å²) in [7, 11) is 3.43. The Morgan fingerprint density at radius 2 is 2.05 bits per heavy atom. The van der Waals surface area contributed by atoms with Gasteiger partial charge >= 0.3 is 0 Å². The first-order valence-electron chi connectivity index (χ1n) is 6.23. The van der Waals surface area contributed by atoms with Gasteiger partial charge in [0.25, 0.3) is 5.91 Å². The third kappa shape index (κ3) is 3.57. The van der Waals surface area contributed by atoms with E-state index in [1.54, 1.807) is 26.4 Å². The van der Waals surface area contributed by atoms with Gasteiger partial charge in [0.2, 0.25) is 0 Å². The number of nitrogens with zero attached hydrogens (tertiary/aromatic N) is 2. The van der Waals surface area contributed by atoms with Gasteiger partial charge in [-0.25, -0.2) is 0 Å². The largest absolute Gasteiger partial charge is 0.381 e. The first kappa shape index (κ1) is 14.5. The molecule has 0 radical (unpaired) electrons. The smallest absolute Gasteiger partial charge is 0.272 e. The molecule has 0 fully saturated rings. The molecule has 20 heavy (non-hydrogen) atoms. The fraction of sp³-hybridized carbons (Fsp3) is 0.200. The highest BCUT2D eigenvalue weighted by molar-refractivity contribution is 9.10. The average Bonchev–Trinajstić information content (AvgIpc) is 2.46. The quantitative estimate of drug-likeness (QED) is 0.934. The summed E-state index contributed by atoms with van der Waals surface area (Å²) in [5.41, 5.74) is 2.47. The lowest BCUT2D eigenvalue weighted by Gasteiger charge is -2.12. The number of anilines is 1. The topological polar surface area (TPSA) is 45.2 Å². The van der Waals surface area contributed by atoms with Crippen LogP contribution in [0.3, 0.4) is 0 Å². The third-order valence-corrected chi connectivity index (χ3v) is 3.60. The predicted molar refractivity (Wildman–Crippen MR) is 83.7 cm³/mol. The van der Waals surface area contributed by atoms with E-state index < -0.39 is 0 Å². The van der Waals surface area contributed by atoms with Crippen molar-refractivity contribution >= 4 is 27.5 Å². The minimum atomic E-state index is -0.102. The molecule has 0 bridgehead atoms. The van der Waals surface area contributed by atoms with E-state index in [9.17, 15) is 4.79 Å². The van der Waals surface area contributed by atoms with Gasteiger partial charge < -0.3 is 10.2 Å². The second-order valence-corrected chi connectivity index (χ2v) is 5.43. The minimum absolute atomic E-state index is 0.102. The van der Waals surface area contributed by atoms with E-state index in [4.69, 9.17) is 0 Å². The molecule has 1 aromatic carbocycles. The zero-order valence-electron chi connectivity index (χ0n) is 11.4. The zero-order valence-corrected chi connectivity index (χ0v) is 13.0. The first-order chi connectivity index (χ1) is 9.58. The fourth-order valence-electron chi connectivity index (χ4n) is 1.73. The van der Waals surface area contributed by atoms with E-state index in [0.29, 0.717) is 12.2 Å². The van der Waals surface area contributed by atoms with Crippen LogP contribution in [0.4, 0.5) is 5.69 Å². The number of benzene rings is 1. The van der Waals surface area contributed by atoms with Crippen molar-refractivity contribution in [3.05, 3.63) is 58.3 Å². The molecule has 4 nitrogen and oxygen atoms in total. The molecule has 0 spiro atoms. The molecule has 1 aromatic heterocycles. The van der Waals surface area contributed by atoms with Crippen LogP contribution < -0.4 is 5.32 Å². The van der Waals surface area contributed by atoms with Crippen LogP contribution in [0.15, 0.2) is 47.1 Å². The Kier molecular flexibility index (Phi) is 4.74. The molecule has 1 N–H and O–H groups in total. The van der Waals surface area contributed by atoms with Gasteiger partial charge in [-0.1, -0.05) is 34.1 Å². The van der Waals surface area contributed by atoms with Gasteiger partial charge in [-0.3, -0.25) is 9.78 Å². The van der Waals surface area contributed by atoms with Crippen LogP contribution in [0.1, 0.15) is 16.1 Å². The van der Waals surface area contributed by atoms with E-state index in [1.165, 1.54) is 4.90 Å². The molecule has 2 aromatic rings. The molecule has 1 amide bonds. The Bertz CT molecular complexity index is 614. The molecule has 5 heteroatoms. The van der Waals surface area contributed by atoms with Gasteiger partial charge in [-0.05, 0) is 23.8 Å². The number of pyridine rings is 1. The van der Waals surface area contributed by atoms with Crippen LogP contribution in [-0.4, -0.2) is 29.9 Å². The Balaban J connectivity index is 2.09. The molecular weight excluding hydrogens is 318 g/mol. The van der Waals surface area contributed by atoms with Crippen LogP contribution in [0.5, 0.6) is 0 Å². The lowest BCUT2D eigenvalue weighted by Crippen LogP contribution is -2.22. The molecule has 0 aliphatic heterocycles. The molecule has 0 unspecified atom stereocenters. The van der Waals surface area contributed by atoms with Crippen molar-refractivity contribution in [2.45, 2.75) is 6.54 Å². The minimum Gasteiger partial charge on any atom is -0.381 e. The van der Waals surface area contributed by atoms with E-state index in [0.717, 1.165) is 15.7 Å². The zero-order chi connectivity index (χ0) is 14.5. The van der Waals surface area contributed by atoms with Gasteiger partial charge in [0.15, 0.2) is 0 Å². The van der Waals surface area contributed by atoms with E-state index >= 15 is 0 Å². The summed E-state index contributed by atoms with van der Waals surface area (Å²) in [6, 6.07) is 11.6. The highest BCUT2D eigenvalue weighted by Gasteiger charge is 2.09. The van der Waals surface area contributed by atoms with Gasteiger partial charge in [-0.2, -0.15) is 0 Å². The maximum atomic E-state index is 11.9. The predicted octanol–water partition coefficient (Wildman–Crippen LogP) is 3.16. The van der Waals surface area contributed by atoms with Crippen LogP contribution in [0, 0.1) is 0 Å². The van der Waals surface area contributed by atoms with Gasteiger partial charge in [0, 0.05) is 37.0 Å². The maximum Gasteiger partial charge on any atom is 0.272 e. The highest BCUT2D eigenvalue weighted by atomic mass is 79.9. The molecular formula is C15H16BrN3O. The lowest BCUT2D eigenvalue weighted by atomic mass is 10.2. The van der Waals surface area contributed by atoms with Gasteiger partial charge in [0.1, 0.15) is 5.69 Å². The molecule has 0 atom stereocenters. The summed E-state index contributed by atoms with van der Waals surface area (Å²) in [5.74, 6) is -0.102. The van der Waals surface area contributed by atoms with Gasteiger partial charge in [0.05, 0.1) is 0 Å². The van der Waals surface area contributed by atoms with E-state index in [2.05, 4.69) is 26.2 Å². The molecule has 104 valence electrons. The summed E-state index contributed by atoms with van der Waals surface area (Å²) < 4.78 is 1.06. The Morgan fingerprint density at radius 1 is 1.30 bits per heavy atom. The van der Waals surface area contributed by atoms with Crippen LogP contribution in [-0.2, 0) is 6.54 Å².